The second-order valence-electron chi connectivity index (χ2n) is 4.63. The summed E-state index contributed by atoms with van der Waals surface area (Å²) in [7, 11) is 0. The number of carbonyl (C=O) groups excluding carboxylic acids is 1. The number of halogens is 1. The lowest BCUT2D eigenvalue weighted by Crippen LogP contribution is -2.15. The van der Waals surface area contributed by atoms with Gasteiger partial charge in [0.2, 0.25) is 0 Å². The zero-order chi connectivity index (χ0) is 15.2. The maximum absolute atomic E-state index is 12.1. The Kier molecular flexibility index (Phi) is 5.11. The van der Waals surface area contributed by atoms with Crippen molar-refractivity contribution in [3.63, 3.8) is 0 Å². The first kappa shape index (κ1) is 15.3. The number of anilines is 2. The van der Waals surface area contributed by atoms with Crippen LogP contribution in [0.2, 0.25) is 5.02 Å². The van der Waals surface area contributed by atoms with Crippen LogP contribution in [0.4, 0.5) is 11.5 Å². The highest BCUT2D eigenvalue weighted by Crippen LogP contribution is 2.20. The van der Waals surface area contributed by atoms with Crippen LogP contribution < -0.4 is 10.6 Å². The molecule has 110 valence electrons. The SMILES string of the molecule is CCCNc1cnc(C(=O)Nc2ccc(Cl)cc2C)cn1. The fourth-order valence-corrected chi connectivity index (χ4v) is 1.97. The molecule has 2 rings (SSSR count). The molecule has 0 unspecified atom stereocenters. The van der Waals surface area contributed by atoms with Crippen molar-refractivity contribution in [2.45, 2.75) is 20.3 Å². The van der Waals surface area contributed by atoms with E-state index in [1.165, 1.54) is 6.20 Å². The van der Waals surface area contributed by atoms with Crippen molar-refractivity contribution < 1.29 is 4.79 Å². The van der Waals surface area contributed by atoms with Crippen molar-refractivity contribution in [3.8, 4) is 0 Å². The largest absolute Gasteiger partial charge is 0.369 e. The molecule has 0 aliphatic heterocycles. The first-order chi connectivity index (χ1) is 10.1. The van der Waals surface area contributed by atoms with Gasteiger partial charge in [-0.2, -0.15) is 0 Å². The molecule has 0 radical (unpaired) electrons. The lowest BCUT2D eigenvalue weighted by atomic mass is 10.2. The molecule has 0 fully saturated rings. The first-order valence-electron chi connectivity index (χ1n) is 6.73. The summed E-state index contributed by atoms with van der Waals surface area (Å²) in [6.45, 7) is 4.77. The molecule has 6 heteroatoms. The van der Waals surface area contributed by atoms with Crippen LogP contribution in [-0.4, -0.2) is 22.4 Å². The van der Waals surface area contributed by atoms with Gasteiger partial charge in [0.1, 0.15) is 11.5 Å². The Bertz CT molecular complexity index is 628. The summed E-state index contributed by atoms with van der Waals surface area (Å²) in [4.78, 5) is 20.4. The number of nitrogens with one attached hydrogen (secondary N) is 2. The van der Waals surface area contributed by atoms with Gasteiger partial charge in [0.25, 0.3) is 5.91 Å². The number of benzene rings is 1. The van der Waals surface area contributed by atoms with E-state index in [0.29, 0.717) is 16.5 Å². The summed E-state index contributed by atoms with van der Waals surface area (Å²) in [5.74, 6) is 0.367. The fraction of sp³-hybridized carbons (Fsp3) is 0.267. The monoisotopic (exact) mass is 304 g/mol. The highest BCUT2D eigenvalue weighted by Gasteiger charge is 2.10. The molecule has 1 aromatic heterocycles. The van der Waals surface area contributed by atoms with Crippen molar-refractivity contribution >= 4 is 29.0 Å². The number of hydrogen-bond acceptors (Lipinski definition) is 4. The molecule has 0 saturated heterocycles. The van der Waals surface area contributed by atoms with Crippen LogP contribution in [0.3, 0.4) is 0 Å². The third kappa shape index (κ3) is 4.16. The summed E-state index contributed by atoms with van der Waals surface area (Å²) in [5.41, 5.74) is 1.87. The number of aryl methyl sites for hydroxylation is 1. The molecule has 5 nitrogen and oxygen atoms in total. The molecular weight excluding hydrogens is 288 g/mol. The molecule has 21 heavy (non-hydrogen) atoms. The summed E-state index contributed by atoms with van der Waals surface area (Å²) in [6, 6.07) is 5.29. The van der Waals surface area contributed by atoms with E-state index in [4.69, 9.17) is 11.6 Å². The van der Waals surface area contributed by atoms with Gasteiger partial charge in [-0.1, -0.05) is 18.5 Å². The number of amides is 1. The highest BCUT2D eigenvalue weighted by molar-refractivity contribution is 6.30. The highest BCUT2D eigenvalue weighted by atomic mass is 35.5. The minimum Gasteiger partial charge on any atom is -0.369 e. The average Bonchev–Trinajstić information content (AvgIpc) is 2.48. The smallest absolute Gasteiger partial charge is 0.275 e. The van der Waals surface area contributed by atoms with Crippen LogP contribution in [0.1, 0.15) is 29.4 Å². The third-order valence-electron chi connectivity index (χ3n) is 2.88. The quantitative estimate of drug-likeness (QED) is 0.887. The van der Waals surface area contributed by atoms with E-state index < -0.39 is 0 Å². The van der Waals surface area contributed by atoms with E-state index in [1.54, 1.807) is 24.4 Å². The minimum atomic E-state index is -0.296. The van der Waals surface area contributed by atoms with Gasteiger partial charge in [0.15, 0.2) is 0 Å². The maximum atomic E-state index is 12.1. The lowest BCUT2D eigenvalue weighted by molar-refractivity contribution is 0.102. The van der Waals surface area contributed by atoms with E-state index in [2.05, 4.69) is 27.5 Å². The normalized spacial score (nSPS) is 10.2. The van der Waals surface area contributed by atoms with Crippen molar-refractivity contribution in [3.05, 3.63) is 46.9 Å². The van der Waals surface area contributed by atoms with Crippen molar-refractivity contribution in [2.24, 2.45) is 0 Å². The summed E-state index contributed by atoms with van der Waals surface area (Å²) in [6.07, 6.45) is 4.01. The Labute approximate surface area is 128 Å². The molecule has 2 N–H and O–H groups in total. The van der Waals surface area contributed by atoms with Gasteiger partial charge in [-0.05, 0) is 37.1 Å². The summed E-state index contributed by atoms with van der Waals surface area (Å²) in [5, 5.41) is 6.54. The summed E-state index contributed by atoms with van der Waals surface area (Å²) < 4.78 is 0. The van der Waals surface area contributed by atoms with Gasteiger partial charge >= 0.3 is 0 Å². The molecule has 1 amide bonds. The van der Waals surface area contributed by atoms with Crippen LogP contribution in [-0.2, 0) is 0 Å². The van der Waals surface area contributed by atoms with E-state index in [0.717, 1.165) is 18.5 Å². The van der Waals surface area contributed by atoms with E-state index >= 15 is 0 Å². The Morgan fingerprint density at radius 3 is 2.71 bits per heavy atom. The number of aromatic nitrogens is 2. The Balaban J connectivity index is 2.06. The molecule has 0 spiro atoms. The van der Waals surface area contributed by atoms with Crippen LogP contribution in [0, 0.1) is 6.92 Å². The second-order valence-corrected chi connectivity index (χ2v) is 5.06. The molecule has 1 aromatic carbocycles. The Morgan fingerprint density at radius 1 is 1.29 bits per heavy atom. The standard InChI is InChI=1S/C15H17ClN4O/c1-3-6-17-14-9-18-13(8-19-14)15(21)20-12-5-4-11(16)7-10(12)2/h4-5,7-9H,3,6H2,1-2H3,(H,17,19)(H,20,21). The summed E-state index contributed by atoms with van der Waals surface area (Å²) >= 11 is 5.89. The zero-order valence-corrected chi connectivity index (χ0v) is 12.7. The Morgan fingerprint density at radius 2 is 2.10 bits per heavy atom. The second kappa shape index (κ2) is 7.04. The third-order valence-corrected chi connectivity index (χ3v) is 3.11. The predicted molar refractivity (Wildman–Crippen MR) is 85.0 cm³/mol. The topological polar surface area (TPSA) is 66.9 Å². The maximum Gasteiger partial charge on any atom is 0.275 e. The molecule has 0 aliphatic carbocycles. The van der Waals surface area contributed by atoms with Crippen molar-refractivity contribution in [1.29, 1.82) is 0 Å². The predicted octanol–water partition coefficient (Wildman–Crippen LogP) is 3.51. The van der Waals surface area contributed by atoms with E-state index in [1.807, 2.05) is 6.92 Å². The average molecular weight is 305 g/mol. The minimum absolute atomic E-state index is 0.270. The molecular formula is C15H17ClN4O. The molecule has 2 aromatic rings. The van der Waals surface area contributed by atoms with Gasteiger partial charge in [0.05, 0.1) is 12.4 Å². The van der Waals surface area contributed by atoms with Gasteiger partial charge < -0.3 is 10.6 Å². The molecule has 1 heterocycles. The van der Waals surface area contributed by atoms with Crippen LogP contribution in [0.25, 0.3) is 0 Å². The van der Waals surface area contributed by atoms with Gasteiger partial charge in [0, 0.05) is 17.3 Å². The van der Waals surface area contributed by atoms with Gasteiger partial charge in [-0.25, -0.2) is 9.97 Å². The molecule has 0 bridgehead atoms. The zero-order valence-electron chi connectivity index (χ0n) is 12.0. The number of nitrogens with zero attached hydrogens (tertiary/aromatic N) is 2. The van der Waals surface area contributed by atoms with Crippen molar-refractivity contribution in [1.82, 2.24) is 9.97 Å². The van der Waals surface area contributed by atoms with Crippen LogP contribution in [0.15, 0.2) is 30.6 Å². The number of carbonyl (C=O) groups is 1. The van der Waals surface area contributed by atoms with Crippen molar-refractivity contribution in [2.75, 3.05) is 17.2 Å². The fourth-order valence-electron chi connectivity index (χ4n) is 1.74. The number of hydrogen-bond donors (Lipinski definition) is 2. The van der Waals surface area contributed by atoms with Gasteiger partial charge in [-0.15, -0.1) is 0 Å². The van der Waals surface area contributed by atoms with E-state index in [-0.39, 0.29) is 11.6 Å². The Hall–Kier alpha value is -2.14. The van der Waals surface area contributed by atoms with Gasteiger partial charge in [-0.3, -0.25) is 4.79 Å². The lowest BCUT2D eigenvalue weighted by Gasteiger charge is -2.08. The molecule has 0 saturated carbocycles. The van der Waals surface area contributed by atoms with Crippen LogP contribution in [0.5, 0.6) is 0 Å². The number of rotatable bonds is 5. The first-order valence-corrected chi connectivity index (χ1v) is 7.11. The van der Waals surface area contributed by atoms with E-state index in [9.17, 15) is 4.79 Å². The van der Waals surface area contributed by atoms with Crippen LogP contribution >= 0.6 is 11.6 Å². The molecule has 0 aliphatic rings. The molecule has 0 atom stereocenters.